The SMILES string of the molecule is CS(=O)(=O)C1CCCC([N+](=O)[O-])C1. The van der Waals surface area contributed by atoms with Crippen molar-refractivity contribution in [3.63, 3.8) is 0 Å². The molecule has 0 aromatic heterocycles. The molecule has 1 aliphatic carbocycles. The summed E-state index contributed by atoms with van der Waals surface area (Å²) in [5.74, 6) is 0. The van der Waals surface area contributed by atoms with E-state index in [1.54, 1.807) is 0 Å². The molecule has 1 rings (SSSR count). The highest BCUT2D eigenvalue weighted by atomic mass is 32.2. The summed E-state index contributed by atoms with van der Waals surface area (Å²) >= 11 is 0. The highest BCUT2D eigenvalue weighted by Gasteiger charge is 2.34. The monoisotopic (exact) mass is 207 g/mol. The van der Waals surface area contributed by atoms with Gasteiger partial charge in [-0.25, -0.2) is 8.42 Å². The molecule has 0 aromatic carbocycles. The van der Waals surface area contributed by atoms with E-state index in [4.69, 9.17) is 0 Å². The minimum Gasteiger partial charge on any atom is -0.264 e. The number of rotatable bonds is 2. The second-order valence-electron chi connectivity index (χ2n) is 3.56. The van der Waals surface area contributed by atoms with E-state index in [1.807, 2.05) is 0 Å². The maximum absolute atomic E-state index is 11.1. The van der Waals surface area contributed by atoms with Gasteiger partial charge in [0.25, 0.3) is 0 Å². The van der Waals surface area contributed by atoms with Crippen LogP contribution >= 0.6 is 0 Å². The minimum atomic E-state index is -3.10. The van der Waals surface area contributed by atoms with E-state index in [9.17, 15) is 18.5 Å². The van der Waals surface area contributed by atoms with Crippen LogP contribution in [0.3, 0.4) is 0 Å². The Morgan fingerprint density at radius 3 is 2.46 bits per heavy atom. The first-order chi connectivity index (χ1) is 5.91. The molecule has 0 aromatic rings. The third kappa shape index (κ3) is 2.65. The van der Waals surface area contributed by atoms with Crippen molar-refractivity contribution in [3.05, 3.63) is 10.1 Å². The Morgan fingerprint density at radius 1 is 1.38 bits per heavy atom. The molecule has 1 saturated carbocycles. The Balaban J connectivity index is 2.67. The zero-order valence-electron chi connectivity index (χ0n) is 7.47. The topological polar surface area (TPSA) is 77.3 Å². The van der Waals surface area contributed by atoms with Crippen LogP contribution in [0.2, 0.25) is 0 Å². The summed E-state index contributed by atoms with van der Waals surface area (Å²) in [6.45, 7) is 0. The lowest BCUT2D eigenvalue weighted by atomic mass is 9.96. The summed E-state index contributed by atoms with van der Waals surface area (Å²) in [5, 5.41) is 9.93. The zero-order valence-corrected chi connectivity index (χ0v) is 8.29. The van der Waals surface area contributed by atoms with E-state index in [-0.39, 0.29) is 11.3 Å². The molecule has 1 fully saturated rings. The lowest BCUT2D eigenvalue weighted by Crippen LogP contribution is -2.34. The van der Waals surface area contributed by atoms with Crippen molar-refractivity contribution in [2.75, 3.05) is 6.26 Å². The van der Waals surface area contributed by atoms with Crippen LogP contribution in [-0.4, -0.2) is 30.9 Å². The molecule has 0 N–H and O–H groups in total. The summed E-state index contributed by atoms with van der Waals surface area (Å²) in [5.41, 5.74) is 0. The molecule has 13 heavy (non-hydrogen) atoms. The predicted molar refractivity (Wildman–Crippen MR) is 47.9 cm³/mol. The Hall–Kier alpha value is -0.650. The van der Waals surface area contributed by atoms with Gasteiger partial charge in [0.1, 0.15) is 0 Å². The first-order valence-corrected chi connectivity index (χ1v) is 6.19. The van der Waals surface area contributed by atoms with Gasteiger partial charge in [0.05, 0.1) is 5.25 Å². The van der Waals surface area contributed by atoms with E-state index < -0.39 is 21.1 Å². The highest BCUT2D eigenvalue weighted by molar-refractivity contribution is 7.91. The molecule has 2 atom stereocenters. The van der Waals surface area contributed by atoms with Crippen LogP contribution in [0.15, 0.2) is 0 Å². The van der Waals surface area contributed by atoms with Crippen LogP contribution in [0.5, 0.6) is 0 Å². The molecule has 0 saturated heterocycles. The lowest BCUT2D eigenvalue weighted by molar-refractivity contribution is -0.526. The van der Waals surface area contributed by atoms with E-state index in [0.717, 1.165) is 6.26 Å². The van der Waals surface area contributed by atoms with Gasteiger partial charge in [0.15, 0.2) is 9.84 Å². The van der Waals surface area contributed by atoms with E-state index in [0.29, 0.717) is 19.3 Å². The van der Waals surface area contributed by atoms with Crippen molar-refractivity contribution in [3.8, 4) is 0 Å². The molecule has 76 valence electrons. The van der Waals surface area contributed by atoms with Crippen LogP contribution in [0.1, 0.15) is 25.7 Å². The van der Waals surface area contributed by atoms with Gasteiger partial charge in [-0.2, -0.15) is 0 Å². The van der Waals surface area contributed by atoms with Crippen molar-refractivity contribution in [1.82, 2.24) is 0 Å². The van der Waals surface area contributed by atoms with Gasteiger partial charge in [-0.3, -0.25) is 10.1 Å². The molecule has 0 heterocycles. The molecule has 0 bridgehead atoms. The fourth-order valence-electron chi connectivity index (χ4n) is 1.70. The smallest absolute Gasteiger partial charge is 0.214 e. The van der Waals surface area contributed by atoms with E-state index in [2.05, 4.69) is 0 Å². The van der Waals surface area contributed by atoms with Crippen LogP contribution in [0.4, 0.5) is 0 Å². The highest BCUT2D eigenvalue weighted by Crippen LogP contribution is 2.25. The molecule has 5 nitrogen and oxygen atoms in total. The number of nitrogens with zero attached hydrogens (tertiary/aromatic N) is 1. The molecule has 0 spiro atoms. The minimum absolute atomic E-state index is 0.186. The van der Waals surface area contributed by atoms with Gasteiger partial charge in [0.2, 0.25) is 6.04 Å². The van der Waals surface area contributed by atoms with Gasteiger partial charge in [0, 0.05) is 24.0 Å². The quantitative estimate of drug-likeness (QED) is 0.491. The average molecular weight is 207 g/mol. The molecule has 0 amide bonds. The summed E-state index contributed by atoms with van der Waals surface area (Å²) in [4.78, 5) is 10.1. The first kappa shape index (κ1) is 10.4. The molecule has 0 radical (unpaired) electrons. The molecule has 0 aliphatic heterocycles. The molecule has 2 unspecified atom stereocenters. The Labute approximate surface area is 77.2 Å². The second kappa shape index (κ2) is 3.61. The summed E-state index contributed by atoms with van der Waals surface area (Å²) in [6, 6.07) is -0.659. The van der Waals surface area contributed by atoms with Crippen LogP contribution in [0.25, 0.3) is 0 Å². The number of hydrogen-bond donors (Lipinski definition) is 0. The average Bonchev–Trinajstić information content (AvgIpc) is 2.03. The number of hydrogen-bond acceptors (Lipinski definition) is 4. The normalized spacial score (nSPS) is 29.9. The van der Waals surface area contributed by atoms with Crippen LogP contribution in [-0.2, 0) is 9.84 Å². The van der Waals surface area contributed by atoms with E-state index in [1.165, 1.54) is 0 Å². The largest absolute Gasteiger partial charge is 0.264 e. The van der Waals surface area contributed by atoms with Crippen molar-refractivity contribution in [2.45, 2.75) is 37.0 Å². The fourth-order valence-corrected chi connectivity index (χ4v) is 2.87. The number of nitro groups is 1. The van der Waals surface area contributed by atoms with Crippen LogP contribution < -0.4 is 0 Å². The molecular weight excluding hydrogens is 194 g/mol. The second-order valence-corrected chi connectivity index (χ2v) is 5.88. The van der Waals surface area contributed by atoms with Crippen molar-refractivity contribution in [2.24, 2.45) is 0 Å². The third-order valence-electron chi connectivity index (χ3n) is 2.50. The lowest BCUT2D eigenvalue weighted by Gasteiger charge is -2.22. The summed E-state index contributed by atoms with van der Waals surface area (Å²) in [7, 11) is -3.10. The van der Waals surface area contributed by atoms with Crippen molar-refractivity contribution >= 4 is 9.84 Å². The van der Waals surface area contributed by atoms with E-state index >= 15 is 0 Å². The third-order valence-corrected chi connectivity index (χ3v) is 4.14. The first-order valence-electron chi connectivity index (χ1n) is 4.23. The summed E-state index contributed by atoms with van der Waals surface area (Å²) in [6.07, 6.45) is 3.07. The maximum atomic E-state index is 11.1. The Bertz CT molecular complexity index is 298. The molecule has 6 heteroatoms. The van der Waals surface area contributed by atoms with Crippen molar-refractivity contribution in [1.29, 1.82) is 0 Å². The summed E-state index contributed by atoms with van der Waals surface area (Å²) < 4.78 is 22.3. The molecule has 1 aliphatic rings. The van der Waals surface area contributed by atoms with Gasteiger partial charge < -0.3 is 0 Å². The van der Waals surface area contributed by atoms with Gasteiger partial charge in [-0.15, -0.1) is 0 Å². The number of sulfone groups is 1. The van der Waals surface area contributed by atoms with Gasteiger partial charge >= 0.3 is 0 Å². The Morgan fingerprint density at radius 2 is 2.00 bits per heavy atom. The van der Waals surface area contributed by atoms with Crippen molar-refractivity contribution < 1.29 is 13.3 Å². The predicted octanol–water partition coefficient (Wildman–Crippen LogP) is 0.619. The maximum Gasteiger partial charge on any atom is 0.214 e. The zero-order chi connectivity index (χ0) is 10.1. The van der Waals surface area contributed by atoms with Gasteiger partial charge in [-0.1, -0.05) is 0 Å². The fraction of sp³-hybridized carbons (Fsp3) is 1.00. The Kier molecular flexibility index (Phi) is 2.90. The van der Waals surface area contributed by atoms with Gasteiger partial charge in [-0.05, 0) is 12.8 Å². The molecular formula is C7H13NO4S. The van der Waals surface area contributed by atoms with Crippen LogP contribution in [0, 0.1) is 10.1 Å². The standard InChI is InChI=1S/C7H13NO4S/c1-13(11,12)7-4-2-3-6(5-7)8(9)10/h6-7H,2-5H2,1H3.